The SMILES string of the molecule is C[CH](C)[Sn][C]#N. The van der Waals surface area contributed by atoms with E-state index in [9.17, 15) is 0 Å². The molecule has 0 aliphatic rings. The monoisotopic (exact) mass is 189 g/mol. The van der Waals surface area contributed by atoms with Gasteiger partial charge < -0.3 is 0 Å². The molecule has 0 aromatic heterocycles. The molecule has 0 spiro atoms. The third-order valence-electron chi connectivity index (χ3n) is 0.353. The summed E-state index contributed by atoms with van der Waals surface area (Å²) in [7, 11) is 0. The zero-order valence-corrected chi connectivity index (χ0v) is 6.88. The molecule has 0 unspecified atom stereocenters. The second kappa shape index (κ2) is 3.48. The summed E-state index contributed by atoms with van der Waals surface area (Å²) in [5.41, 5.74) is 0. The molecule has 0 rings (SSSR count). The van der Waals surface area contributed by atoms with E-state index in [1.807, 2.05) is 0 Å². The molecule has 0 atom stereocenters. The molecular formula is C4H7NSn. The Labute approximate surface area is 48.6 Å². The molecule has 0 bridgehead atoms. The minimum absolute atomic E-state index is 0.566. The van der Waals surface area contributed by atoms with Gasteiger partial charge in [-0.3, -0.25) is 0 Å². The summed E-state index contributed by atoms with van der Waals surface area (Å²) in [6.07, 6.45) is 0. The van der Waals surface area contributed by atoms with Crippen LogP contribution in [0.15, 0.2) is 0 Å². The zero-order chi connectivity index (χ0) is 4.99. The van der Waals surface area contributed by atoms with Gasteiger partial charge in [0.05, 0.1) is 0 Å². The normalized spacial score (nSPS) is 8.33. The minimum atomic E-state index is -0.566. The fourth-order valence-corrected chi connectivity index (χ4v) is 0.866. The number of hydrogen-bond acceptors (Lipinski definition) is 1. The van der Waals surface area contributed by atoms with Gasteiger partial charge in [0.1, 0.15) is 0 Å². The van der Waals surface area contributed by atoms with Crippen LogP contribution in [-0.4, -0.2) is 21.1 Å². The van der Waals surface area contributed by atoms with Gasteiger partial charge in [-0.05, 0) is 0 Å². The van der Waals surface area contributed by atoms with E-state index in [0.29, 0.717) is 3.93 Å². The molecule has 0 fully saturated rings. The van der Waals surface area contributed by atoms with Gasteiger partial charge in [-0.25, -0.2) is 0 Å². The van der Waals surface area contributed by atoms with Crippen LogP contribution in [0.5, 0.6) is 0 Å². The van der Waals surface area contributed by atoms with Crippen LogP contribution < -0.4 is 0 Å². The van der Waals surface area contributed by atoms with Gasteiger partial charge in [-0.15, -0.1) is 0 Å². The Kier molecular flexibility index (Phi) is 3.65. The fraction of sp³-hybridized carbons (Fsp3) is 0.750. The first-order chi connectivity index (χ1) is 2.77. The summed E-state index contributed by atoms with van der Waals surface area (Å²) in [5.74, 6) is 0. The zero-order valence-electron chi connectivity index (χ0n) is 4.02. The maximum absolute atomic E-state index is 8.06. The molecule has 0 heterocycles. The van der Waals surface area contributed by atoms with Crippen LogP contribution in [0.4, 0.5) is 0 Å². The van der Waals surface area contributed by atoms with Crippen molar-refractivity contribution in [1.82, 2.24) is 0 Å². The third-order valence-corrected chi connectivity index (χ3v) is 2.37. The van der Waals surface area contributed by atoms with E-state index in [1.165, 1.54) is 0 Å². The van der Waals surface area contributed by atoms with E-state index in [1.54, 1.807) is 0 Å². The first-order valence-corrected chi connectivity index (χ1v) is 4.99. The third kappa shape index (κ3) is 4.29. The van der Waals surface area contributed by atoms with Gasteiger partial charge >= 0.3 is 48.3 Å². The van der Waals surface area contributed by atoms with E-state index in [-0.39, 0.29) is 0 Å². The summed E-state index contributed by atoms with van der Waals surface area (Å²) in [5, 5.41) is 8.06. The summed E-state index contributed by atoms with van der Waals surface area (Å²) >= 11 is -0.566. The summed E-state index contributed by atoms with van der Waals surface area (Å²) in [6, 6.07) is 0. The topological polar surface area (TPSA) is 23.8 Å². The standard InChI is InChI=1S/C3H7.CN.Sn/c1-3-2;1-2;/h3H,1-2H3;;. The van der Waals surface area contributed by atoms with Crippen molar-refractivity contribution in [3.8, 4) is 4.09 Å². The molecule has 0 aromatic carbocycles. The van der Waals surface area contributed by atoms with E-state index in [2.05, 4.69) is 17.9 Å². The molecule has 0 aliphatic heterocycles. The summed E-state index contributed by atoms with van der Waals surface area (Å²) < 4.78 is 2.94. The van der Waals surface area contributed by atoms with Crippen molar-refractivity contribution in [2.24, 2.45) is 0 Å². The summed E-state index contributed by atoms with van der Waals surface area (Å²) in [6.45, 7) is 4.21. The van der Waals surface area contributed by atoms with Crippen LogP contribution in [0.3, 0.4) is 0 Å². The molecule has 0 saturated heterocycles. The predicted octanol–water partition coefficient (Wildman–Crippen LogP) is 1.000. The molecule has 6 heavy (non-hydrogen) atoms. The van der Waals surface area contributed by atoms with Crippen molar-refractivity contribution in [3.05, 3.63) is 0 Å². The Morgan fingerprint density at radius 1 is 1.67 bits per heavy atom. The molecule has 0 saturated carbocycles. The van der Waals surface area contributed by atoms with E-state index < -0.39 is 21.1 Å². The van der Waals surface area contributed by atoms with Crippen molar-refractivity contribution in [2.75, 3.05) is 0 Å². The Morgan fingerprint density at radius 2 is 2.17 bits per heavy atom. The Hall–Kier alpha value is 0.289. The number of hydrogen-bond donors (Lipinski definition) is 0. The van der Waals surface area contributed by atoms with Crippen molar-refractivity contribution in [2.45, 2.75) is 17.8 Å². The number of rotatable bonds is 1. The van der Waals surface area contributed by atoms with Crippen molar-refractivity contribution in [1.29, 1.82) is 5.26 Å². The van der Waals surface area contributed by atoms with Crippen molar-refractivity contribution >= 4 is 21.1 Å². The molecule has 0 N–H and O–H groups in total. The number of nitriles is 1. The van der Waals surface area contributed by atoms with Crippen LogP contribution in [0.2, 0.25) is 3.93 Å². The molecule has 0 aliphatic carbocycles. The maximum atomic E-state index is 8.06. The molecule has 2 radical (unpaired) electrons. The van der Waals surface area contributed by atoms with Crippen molar-refractivity contribution < 1.29 is 0 Å². The fourth-order valence-electron chi connectivity index (χ4n) is 0.129. The van der Waals surface area contributed by atoms with Gasteiger partial charge in [0, 0.05) is 0 Å². The van der Waals surface area contributed by atoms with Crippen LogP contribution in [0.25, 0.3) is 0 Å². The molecule has 1 nitrogen and oxygen atoms in total. The second-order valence-electron chi connectivity index (χ2n) is 1.41. The van der Waals surface area contributed by atoms with Gasteiger partial charge in [0.25, 0.3) is 0 Å². The van der Waals surface area contributed by atoms with Crippen molar-refractivity contribution in [3.63, 3.8) is 0 Å². The summed E-state index contributed by atoms with van der Waals surface area (Å²) in [4.78, 5) is 0. The Balaban J connectivity index is 2.88. The van der Waals surface area contributed by atoms with Gasteiger partial charge in [0.15, 0.2) is 0 Å². The molecule has 2 heteroatoms. The second-order valence-corrected chi connectivity index (χ2v) is 6.17. The molecule has 32 valence electrons. The molecular weight excluding hydrogens is 181 g/mol. The first-order valence-electron chi connectivity index (χ1n) is 1.92. The van der Waals surface area contributed by atoms with E-state index in [0.717, 1.165) is 0 Å². The average Bonchev–Trinajstić information content (AvgIpc) is 1.35. The Morgan fingerprint density at radius 3 is 2.17 bits per heavy atom. The predicted molar refractivity (Wildman–Crippen MR) is 26.5 cm³/mol. The van der Waals surface area contributed by atoms with Crippen LogP contribution in [0.1, 0.15) is 13.8 Å². The van der Waals surface area contributed by atoms with Gasteiger partial charge in [-0.2, -0.15) is 0 Å². The Bertz CT molecular complexity index is 62.4. The van der Waals surface area contributed by atoms with Gasteiger partial charge in [-0.1, -0.05) is 0 Å². The van der Waals surface area contributed by atoms with Crippen LogP contribution in [-0.2, 0) is 0 Å². The average molecular weight is 188 g/mol. The van der Waals surface area contributed by atoms with Crippen LogP contribution >= 0.6 is 0 Å². The van der Waals surface area contributed by atoms with E-state index in [4.69, 9.17) is 5.26 Å². The number of nitrogens with zero attached hydrogens (tertiary/aromatic N) is 1. The van der Waals surface area contributed by atoms with Gasteiger partial charge in [0.2, 0.25) is 0 Å². The first kappa shape index (κ1) is 6.29. The van der Waals surface area contributed by atoms with Crippen LogP contribution in [0, 0.1) is 9.35 Å². The van der Waals surface area contributed by atoms with E-state index >= 15 is 0 Å². The molecule has 0 amide bonds. The quantitative estimate of drug-likeness (QED) is 0.563. The molecule has 0 aromatic rings.